The van der Waals surface area contributed by atoms with Gasteiger partial charge in [-0.25, -0.2) is 0 Å². The topological polar surface area (TPSA) is 43.4 Å². The normalized spacial score (nSPS) is 15.0. The summed E-state index contributed by atoms with van der Waals surface area (Å²) < 4.78 is 222. The van der Waals surface area contributed by atoms with Crippen molar-refractivity contribution in [3.63, 3.8) is 0 Å². The van der Waals surface area contributed by atoms with E-state index in [-0.39, 0.29) is 24.3 Å². The zero-order valence-electron chi connectivity index (χ0n) is 17.3. The molecular formula is C18H8F15IO3S. The summed E-state index contributed by atoms with van der Waals surface area (Å²) in [5, 5.41) is -7.29. The van der Waals surface area contributed by atoms with Crippen molar-refractivity contribution in [3.8, 4) is 0 Å². The summed E-state index contributed by atoms with van der Waals surface area (Å²) in [7, 11) is -7.47. The molecule has 20 heteroatoms. The van der Waals surface area contributed by atoms with Crippen LogP contribution < -0.4 is 0 Å². The minimum atomic E-state index is -7.67. The van der Waals surface area contributed by atoms with E-state index >= 15 is 0 Å². The second kappa shape index (κ2) is 9.89. The SMILES string of the molecule is O=S(=O)(OI(c1ccc(C(F)(F)F)cc1)c1ccc(C(F)(F)F)cc1)C(F)(F)C(F)(F)C(F)(F)C(F)(F)F. The van der Waals surface area contributed by atoms with Gasteiger partial charge in [0.2, 0.25) is 0 Å². The molecule has 2 aromatic rings. The Kier molecular flexibility index (Phi) is 8.40. The standard InChI is InChI=1S/C18H8F15IO3S/c19-13(20,21)9-1-5-11(6-2-9)34(12-7-3-10(4-8-12)14(22,23)24)37-38(35,36)18(32,33)16(27,28)15(25,26)17(29,30)31/h1-8H. The number of hydrogen-bond acceptors (Lipinski definition) is 3. The van der Waals surface area contributed by atoms with Gasteiger partial charge in [0.1, 0.15) is 0 Å². The Balaban J connectivity index is 2.66. The molecule has 2 rings (SSSR count). The van der Waals surface area contributed by atoms with Crippen LogP contribution in [0.3, 0.4) is 0 Å². The van der Waals surface area contributed by atoms with E-state index < -0.39 is 84.2 Å². The number of alkyl halides is 15. The van der Waals surface area contributed by atoms with Gasteiger partial charge in [0.05, 0.1) is 0 Å². The van der Waals surface area contributed by atoms with Crippen LogP contribution in [0.4, 0.5) is 65.9 Å². The van der Waals surface area contributed by atoms with Gasteiger partial charge >= 0.3 is 210 Å². The third-order valence-electron chi connectivity index (χ3n) is 4.32. The first kappa shape index (κ1) is 32.2. The monoisotopic (exact) mass is 716 g/mol. The summed E-state index contributed by atoms with van der Waals surface area (Å²) in [5.41, 5.74) is -2.84. The molecule has 0 saturated heterocycles. The number of benzene rings is 2. The van der Waals surface area contributed by atoms with Crippen molar-refractivity contribution in [2.24, 2.45) is 0 Å². The molecule has 0 bridgehead atoms. The van der Waals surface area contributed by atoms with Crippen LogP contribution in [0, 0.1) is 7.14 Å². The van der Waals surface area contributed by atoms with Crippen molar-refractivity contribution in [2.75, 3.05) is 0 Å². The number of hydrogen-bond donors (Lipinski definition) is 0. The summed E-state index contributed by atoms with van der Waals surface area (Å²) in [5.74, 6) is -15.3. The predicted octanol–water partition coefficient (Wildman–Crippen LogP) is 7.96. The molecule has 0 aliphatic heterocycles. The van der Waals surface area contributed by atoms with Gasteiger partial charge in [0, 0.05) is 0 Å². The second-order valence-corrected chi connectivity index (χ2v) is 13.5. The molecule has 0 fully saturated rings. The summed E-state index contributed by atoms with van der Waals surface area (Å²) in [6.07, 6.45) is -17.4. The number of rotatable bonds is 7. The average molecular weight is 716 g/mol. The van der Waals surface area contributed by atoms with E-state index in [1.807, 2.05) is 0 Å². The molecule has 38 heavy (non-hydrogen) atoms. The van der Waals surface area contributed by atoms with Crippen LogP contribution in [-0.2, 0) is 25.0 Å². The van der Waals surface area contributed by atoms with Gasteiger partial charge < -0.3 is 0 Å². The fraction of sp³-hybridized carbons (Fsp3) is 0.333. The first-order valence-corrected chi connectivity index (χ1v) is 13.4. The quantitative estimate of drug-likeness (QED) is 0.216. The molecular weight excluding hydrogens is 708 g/mol. The van der Waals surface area contributed by atoms with E-state index in [0.717, 1.165) is 0 Å². The Labute approximate surface area is 209 Å². The fourth-order valence-electron chi connectivity index (χ4n) is 2.35. The Morgan fingerprint density at radius 2 is 0.842 bits per heavy atom. The molecule has 0 aromatic heterocycles. The van der Waals surface area contributed by atoms with Gasteiger partial charge in [0.25, 0.3) is 0 Å². The molecule has 0 atom stereocenters. The van der Waals surface area contributed by atoms with Crippen molar-refractivity contribution in [3.05, 3.63) is 66.8 Å². The van der Waals surface area contributed by atoms with Gasteiger partial charge in [-0.2, -0.15) is 0 Å². The maximum atomic E-state index is 14.1. The zero-order chi connectivity index (χ0) is 29.8. The van der Waals surface area contributed by atoms with E-state index in [1.165, 1.54) is 0 Å². The summed E-state index contributed by atoms with van der Waals surface area (Å²) in [6, 6.07) is 2.36. The average Bonchev–Trinajstić information content (AvgIpc) is 2.75. The van der Waals surface area contributed by atoms with Crippen molar-refractivity contribution in [1.29, 1.82) is 0 Å². The predicted molar refractivity (Wildman–Crippen MR) is 105 cm³/mol. The second-order valence-electron chi connectivity index (χ2n) is 6.94. The molecule has 0 aliphatic carbocycles. The van der Waals surface area contributed by atoms with E-state index in [4.69, 9.17) is 0 Å². The first-order chi connectivity index (χ1) is 16.8. The molecule has 2 aromatic carbocycles. The van der Waals surface area contributed by atoms with Crippen LogP contribution in [0.25, 0.3) is 0 Å². The van der Waals surface area contributed by atoms with Gasteiger partial charge in [-0.1, -0.05) is 0 Å². The van der Waals surface area contributed by atoms with Crippen molar-refractivity contribution >= 4 is 30.4 Å². The third kappa shape index (κ3) is 5.94. The maximum absolute atomic E-state index is 14.1. The van der Waals surface area contributed by atoms with E-state index in [9.17, 15) is 74.3 Å². The molecule has 3 nitrogen and oxygen atoms in total. The van der Waals surface area contributed by atoms with Gasteiger partial charge in [-0.3, -0.25) is 0 Å². The molecule has 0 N–H and O–H groups in total. The Hall–Kier alpha value is -1.97. The molecule has 0 saturated carbocycles. The Morgan fingerprint density at radius 1 is 0.526 bits per heavy atom. The summed E-state index contributed by atoms with van der Waals surface area (Å²) >= 11 is -4.89. The molecule has 0 spiro atoms. The van der Waals surface area contributed by atoms with Crippen molar-refractivity contribution < 1.29 is 76.8 Å². The molecule has 0 amide bonds. The van der Waals surface area contributed by atoms with Crippen LogP contribution in [-0.4, -0.2) is 31.7 Å². The van der Waals surface area contributed by atoms with Crippen molar-refractivity contribution in [1.82, 2.24) is 0 Å². The van der Waals surface area contributed by atoms with E-state index in [2.05, 4.69) is 2.51 Å². The van der Waals surface area contributed by atoms with Gasteiger partial charge in [-0.15, -0.1) is 0 Å². The van der Waals surface area contributed by atoms with Gasteiger partial charge in [-0.05, 0) is 0 Å². The molecule has 0 unspecified atom stereocenters. The minimum absolute atomic E-state index is 0.213. The zero-order valence-corrected chi connectivity index (χ0v) is 20.3. The van der Waals surface area contributed by atoms with E-state index in [1.54, 1.807) is 0 Å². The van der Waals surface area contributed by atoms with Crippen LogP contribution >= 0.6 is 20.2 Å². The van der Waals surface area contributed by atoms with Crippen LogP contribution in [0.1, 0.15) is 11.1 Å². The third-order valence-corrected chi connectivity index (χ3v) is 11.7. The fourth-order valence-corrected chi connectivity index (χ4v) is 9.27. The van der Waals surface area contributed by atoms with E-state index in [0.29, 0.717) is 24.3 Å². The van der Waals surface area contributed by atoms with Crippen LogP contribution in [0.2, 0.25) is 0 Å². The Bertz CT molecular complexity index is 1170. The number of halogens is 16. The van der Waals surface area contributed by atoms with Crippen LogP contribution in [0.15, 0.2) is 48.5 Å². The summed E-state index contributed by atoms with van der Waals surface area (Å²) in [4.78, 5) is 0. The molecule has 0 heterocycles. The first-order valence-electron chi connectivity index (χ1n) is 8.96. The Morgan fingerprint density at radius 3 is 1.11 bits per heavy atom. The van der Waals surface area contributed by atoms with Crippen molar-refractivity contribution in [2.45, 2.75) is 35.6 Å². The summed E-state index contributed by atoms with van der Waals surface area (Å²) in [6.45, 7) is 0. The molecule has 216 valence electrons. The molecule has 0 aliphatic rings. The van der Waals surface area contributed by atoms with Gasteiger partial charge in [0.15, 0.2) is 0 Å². The molecule has 0 radical (unpaired) electrons. The van der Waals surface area contributed by atoms with Crippen LogP contribution in [0.5, 0.6) is 0 Å².